The highest BCUT2D eigenvalue weighted by Crippen LogP contribution is 2.27. The first-order chi connectivity index (χ1) is 7.86. The highest BCUT2D eigenvalue weighted by atomic mass is 16.1. The number of rotatable bonds is 4. The highest BCUT2D eigenvalue weighted by molar-refractivity contribution is 5.94. The van der Waals surface area contributed by atoms with E-state index in [0.29, 0.717) is 12.1 Å². The molecule has 0 spiro atoms. The first-order valence-electron chi connectivity index (χ1n) is 6.30. The largest absolute Gasteiger partial charge is 0.292 e. The van der Waals surface area contributed by atoms with Crippen LogP contribution in [0, 0.1) is 5.92 Å². The van der Waals surface area contributed by atoms with E-state index in [0.717, 1.165) is 12.3 Å². The number of hydrogen-bond acceptors (Lipinski definition) is 2. The Hall–Kier alpha value is -1.18. The number of carbonyl (C=O) groups is 1. The van der Waals surface area contributed by atoms with Crippen LogP contribution in [0.3, 0.4) is 0 Å². The lowest BCUT2D eigenvalue weighted by atomic mass is 9.85. The lowest BCUT2D eigenvalue weighted by Gasteiger charge is -2.20. The molecule has 2 rings (SSSR count). The lowest BCUT2D eigenvalue weighted by Crippen LogP contribution is -2.09. The fraction of sp³-hybridized carbons (Fsp3) is 0.571. The van der Waals surface area contributed by atoms with Crippen molar-refractivity contribution in [1.82, 2.24) is 4.98 Å². The van der Waals surface area contributed by atoms with Gasteiger partial charge in [0.1, 0.15) is 5.69 Å². The lowest BCUT2D eigenvalue weighted by molar-refractivity contribution is 0.0965. The maximum Gasteiger partial charge on any atom is 0.181 e. The Morgan fingerprint density at radius 1 is 1.25 bits per heavy atom. The summed E-state index contributed by atoms with van der Waals surface area (Å²) in [5, 5.41) is 0. The Kier molecular flexibility index (Phi) is 4.09. The van der Waals surface area contributed by atoms with E-state index in [1.165, 1.54) is 32.1 Å². The van der Waals surface area contributed by atoms with Crippen LogP contribution in [0.5, 0.6) is 0 Å². The van der Waals surface area contributed by atoms with Crippen molar-refractivity contribution in [1.29, 1.82) is 0 Å². The normalized spacial score (nSPS) is 17.2. The number of ketones is 1. The van der Waals surface area contributed by atoms with Crippen molar-refractivity contribution in [3.8, 4) is 0 Å². The molecule has 0 bridgehead atoms. The Bertz CT molecular complexity index is 328. The van der Waals surface area contributed by atoms with Gasteiger partial charge in [0.25, 0.3) is 0 Å². The van der Waals surface area contributed by atoms with Crippen molar-refractivity contribution in [2.75, 3.05) is 0 Å². The smallest absolute Gasteiger partial charge is 0.181 e. The molecule has 1 aliphatic rings. The van der Waals surface area contributed by atoms with Gasteiger partial charge < -0.3 is 0 Å². The molecule has 16 heavy (non-hydrogen) atoms. The molecule has 2 heteroatoms. The van der Waals surface area contributed by atoms with Gasteiger partial charge in [-0.05, 0) is 24.5 Å². The van der Waals surface area contributed by atoms with Gasteiger partial charge in [0.15, 0.2) is 5.78 Å². The van der Waals surface area contributed by atoms with E-state index in [1.807, 2.05) is 18.2 Å². The Morgan fingerprint density at radius 3 is 2.75 bits per heavy atom. The minimum absolute atomic E-state index is 0.200. The summed E-state index contributed by atoms with van der Waals surface area (Å²) < 4.78 is 0. The summed E-state index contributed by atoms with van der Waals surface area (Å²) >= 11 is 0. The second kappa shape index (κ2) is 5.78. The zero-order chi connectivity index (χ0) is 11.2. The molecular formula is C14H19NO. The number of hydrogen-bond donors (Lipinski definition) is 0. The molecule has 0 aromatic carbocycles. The summed E-state index contributed by atoms with van der Waals surface area (Å²) in [6.45, 7) is 0. The Balaban J connectivity index is 1.79. The van der Waals surface area contributed by atoms with E-state index in [1.54, 1.807) is 6.20 Å². The minimum Gasteiger partial charge on any atom is -0.292 e. The van der Waals surface area contributed by atoms with Gasteiger partial charge in [-0.1, -0.05) is 38.2 Å². The fourth-order valence-corrected chi connectivity index (χ4v) is 2.47. The third kappa shape index (κ3) is 3.16. The van der Waals surface area contributed by atoms with Crippen LogP contribution in [0.25, 0.3) is 0 Å². The molecule has 86 valence electrons. The summed E-state index contributed by atoms with van der Waals surface area (Å²) in [6, 6.07) is 5.53. The average molecular weight is 217 g/mol. The van der Waals surface area contributed by atoms with Gasteiger partial charge in [0.2, 0.25) is 0 Å². The topological polar surface area (TPSA) is 30.0 Å². The van der Waals surface area contributed by atoms with Gasteiger partial charge in [0.05, 0.1) is 0 Å². The molecule has 1 aromatic heterocycles. The Morgan fingerprint density at radius 2 is 2.06 bits per heavy atom. The molecule has 1 heterocycles. The van der Waals surface area contributed by atoms with Crippen molar-refractivity contribution in [2.24, 2.45) is 5.92 Å². The van der Waals surface area contributed by atoms with Crippen LogP contribution < -0.4 is 0 Å². The maximum atomic E-state index is 11.8. The predicted molar refractivity (Wildman–Crippen MR) is 64.4 cm³/mol. The van der Waals surface area contributed by atoms with Crippen LogP contribution in [0.2, 0.25) is 0 Å². The van der Waals surface area contributed by atoms with Crippen LogP contribution >= 0.6 is 0 Å². The van der Waals surface area contributed by atoms with Crippen LogP contribution in [0.1, 0.15) is 55.4 Å². The van der Waals surface area contributed by atoms with Crippen molar-refractivity contribution >= 4 is 5.78 Å². The predicted octanol–water partition coefficient (Wildman–Crippen LogP) is 3.62. The molecule has 0 aliphatic heterocycles. The second-order valence-electron chi connectivity index (χ2n) is 4.68. The number of carbonyl (C=O) groups excluding carboxylic acids is 1. The number of Topliss-reactive ketones (excluding diaryl/α,β-unsaturated/α-hetero) is 1. The third-order valence-corrected chi connectivity index (χ3v) is 3.45. The molecular weight excluding hydrogens is 198 g/mol. The summed E-state index contributed by atoms with van der Waals surface area (Å²) in [6.07, 6.45) is 10.1. The van der Waals surface area contributed by atoms with Crippen LogP contribution in [-0.2, 0) is 0 Å². The fourth-order valence-electron chi connectivity index (χ4n) is 2.47. The minimum atomic E-state index is 0.200. The van der Waals surface area contributed by atoms with Crippen LogP contribution in [0.15, 0.2) is 24.4 Å². The molecule has 0 saturated heterocycles. The van der Waals surface area contributed by atoms with Gasteiger partial charge in [-0.15, -0.1) is 0 Å². The van der Waals surface area contributed by atoms with Crippen LogP contribution in [-0.4, -0.2) is 10.8 Å². The van der Waals surface area contributed by atoms with E-state index in [4.69, 9.17) is 0 Å². The van der Waals surface area contributed by atoms with Crippen molar-refractivity contribution in [3.63, 3.8) is 0 Å². The van der Waals surface area contributed by atoms with Gasteiger partial charge in [0, 0.05) is 12.6 Å². The molecule has 1 fully saturated rings. The summed E-state index contributed by atoms with van der Waals surface area (Å²) in [5.41, 5.74) is 0.623. The molecule has 1 aromatic rings. The number of nitrogens with zero attached hydrogens (tertiary/aromatic N) is 1. The number of pyridine rings is 1. The van der Waals surface area contributed by atoms with E-state index >= 15 is 0 Å². The SMILES string of the molecule is O=C(CCC1CCCCC1)c1ccccn1. The number of aromatic nitrogens is 1. The van der Waals surface area contributed by atoms with Crippen molar-refractivity contribution in [3.05, 3.63) is 30.1 Å². The van der Waals surface area contributed by atoms with E-state index in [2.05, 4.69) is 4.98 Å². The summed E-state index contributed by atoms with van der Waals surface area (Å²) in [4.78, 5) is 15.9. The first kappa shape index (κ1) is 11.3. The van der Waals surface area contributed by atoms with Crippen LogP contribution in [0.4, 0.5) is 0 Å². The van der Waals surface area contributed by atoms with Gasteiger partial charge in [-0.25, -0.2) is 0 Å². The van der Waals surface area contributed by atoms with E-state index in [9.17, 15) is 4.79 Å². The molecule has 0 radical (unpaired) electrons. The molecule has 0 atom stereocenters. The average Bonchev–Trinajstić information content (AvgIpc) is 2.38. The third-order valence-electron chi connectivity index (χ3n) is 3.45. The van der Waals surface area contributed by atoms with Crippen molar-refractivity contribution < 1.29 is 4.79 Å². The molecule has 1 aliphatic carbocycles. The zero-order valence-corrected chi connectivity index (χ0v) is 9.69. The van der Waals surface area contributed by atoms with Gasteiger partial charge >= 0.3 is 0 Å². The second-order valence-corrected chi connectivity index (χ2v) is 4.68. The zero-order valence-electron chi connectivity index (χ0n) is 9.69. The van der Waals surface area contributed by atoms with Gasteiger partial charge in [-0.2, -0.15) is 0 Å². The molecule has 1 saturated carbocycles. The molecule has 0 unspecified atom stereocenters. The Labute approximate surface area is 97.1 Å². The summed E-state index contributed by atoms with van der Waals surface area (Å²) in [7, 11) is 0. The molecule has 2 nitrogen and oxygen atoms in total. The van der Waals surface area contributed by atoms with E-state index in [-0.39, 0.29) is 5.78 Å². The molecule has 0 amide bonds. The standard InChI is InChI=1S/C14H19NO/c16-14(13-8-4-5-11-15-13)10-9-12-6-2-1-3-7-12/h4-5,8,11-12H,1-3,6-7,9-10H2. The highest BCUT2D eigenvalue weighted by Gasteiger charge is 2.15. The van der Waals surface area contributed by atoms with E-state index < -0.39 is 0 Å². The monoisotopic (exact) mass is 217 g/mol. The first-order valence-corrected chi connectivity index (χ1v) is 6.30. The maximum absolute atomic E-state index is 11.8. The summed E-state index contributed by atoms with van der Waals surface area (Å²) in [5.74, 6) is 0.979. The molecule has 0 N–H and O–H groups in total. The quantitative estimate of drug-likeness (QED) is 0.721. The van der Waals surface area contributed by atoms with Gasteiger partial charge in [-0.3, -0.25) is 9.78 Å². The van der Waals surface area contributed by atoms with Crippen molar-refractivity contribution in [2.45, 2.75) is 44.9 Å².